The topological polar surface area (TPSA) is 26.3 Å². The summed E-state index contributed by atoms with van der Waals surface area (Å²) in [4.78, 5) is 10.6. The van der Waals surface area contributed by atoms with E-state index in [1.807, 2.05) is 0 Å². The Labute approximate surface area is 51.6 Å². The number of hydrogen-bond donors (Lipinski definition) is 0. The fraction of sp³-hybridized carbons (Fsp3) is 0.800. The molecule has 0 aliphatic carbocycles. The molecule has 3 heteroatoms. The maximum atomic E-state index is 10.6. The van der Waals surface area contributed by atoms with E-state index in [-0.39, 0.29) is 11.9 Å². The first-order valence-electron chi connectivity index (χ1n) is 2.66. The van der Waals surface area contributed by atoms with Gasteiger partial charge >= 0.3 is 5.97 Å². The summed E-state index contributed by atoms with van der Waals surface area (Å²) < 4.78 is 4.69. The van der Waals surface area contributed by atoms with E-state index in [1.54, 1.807) is 0 Å². The first-order chi connectivity index (χ1) is 3.84. The van der Waals surface area contributed by atoms with E-state index in [2.05, 4.69) is 15.0 Å². The summed E-state index contributed by atoms with van der Waals surface area (Å²) in [5.74, 6) is 0.0617. The summed E-state index contributed by atoms with van der Waals surface area (Å²) in [5.41, 5.74) is 0. The van der Waals surface area contributed by atoms with E-state index in [0.717, 1.165) is 12.5 Å². The van der Waals surface area contributed by atoms with Crippen LogP contribution in [0.2, 0.25) is 6.04 Å². The lowest BCUT2D eigenvalue weighted by atomic mass is 10.1. The first-order valence-corrected chi connectivity index (χ1v) is 3.36. The van der Waals surface area contributed by atoms with Gasteiger partial charge in [0.05, 0.1) is 12.5 Å². The van der Waals surface area contributed by atoms with Gasteiger partial charge in [-0.2, -0.15) is 0 Å². The summed E-state index contributed by atoms with van der Waals surface area (Å²) in [6.45, 7) is 0.605. The van der Waals surface area contributed by atoms with Gasteiger partial charge < -0.3 is 4.74 Å². The Bertz CT molecular complexity index is 103. The minimum atomic E-state index is -0.0556. The van der Waals surface area contributed by atoms with Gasteiger partial charge in [0, 0.05) is 10.2 Å². The normalized spacial score (nSPS) is 28.1. The summed E-state index contributed by atoms with van der Waals surface area (Å²) >= 11 is 0. The fourth-order valence-electron chi connectivity index (χ4n) is 0.723. The predicted octanol–water partition coefficient (Wildman–Crippen LogP) is 0.136. The van der Waals surface area contributed by atoms with Gasteiger partial charge in [0.2, 0.25) is 0 Å². The molecule has 1 fully saturated rings. The van der Waals surface area contributed by atoms with Gasteiger partial charge in [-0.3, -0.25) is 4.79 Å². The van der Waals surface area contributed by atoms with Crippen LogP contribution in [-0.4, -0.2) is 22.8 Å². The second-order valence-electron chi connectivity index (χ2n) is 1.86. The predicted molar refractivity (Wildman–Crippen MR) is 29.6 cm³/mol. The summed E-state index contributed by atoms with van der Waals surface area (Å²) in [6, 6.07) is 0.735. The molecule has 1 aliphatic heterocycles. The zero-order chi connectivity index (χ0) is 5.98. The fourth-order valence-corrected chi connectivity index (χ4v) is 1.09. The summed E-state index contributed by atoms with van der Waals surface area (Å²) in [6.07, 6.45) is 0.877. The van der Waals surface area contributed by atoms with Gasteiger partial charge in [-0.05, 0) is 6.42 Å². The van der Waals surface area contributed by atoms with Gasteiger partial charge in [0.1, 0.15) is 0 Å². The molecule has 0 aromatic carbocycles. The van der Waals surface area contributed by atoms with Crippen molar-refractivity contribution >= 4 is 16.2 Å². The highest BCUT2D eigenvalue weighted by Crippen LogP contribution is 2.16. The summed E-state index contributed by atoms with van der Waals surface area (Å²) in [5, 5.41) is 0. The Morgan fingerprint density at radius 1 is 1.88 bits per heavy atom. The van der Waals surface area contributed by atoms with Gasteiger partial charge in [-0.1, -0.05) is 6.04 Å². The molecule has 8 heavy (non-hydrogen) atoms. The minimum absolute atomic E-state index is 0.0556. The number of carbonyl (C=O) groups is 1. The molecule has 0 N–H and O–H groups in total. The average Bonchev–Trinajstić information content (AvgIpc) is 2.14. The monoisotopic (exact) mass is 127 g/mol. The SMILES string of the molecule is O=C1OCCC1C[Si]. The van der Waals surface area contributed by atoms with E-state index in [0.29, 0.717) is 6.61 Å². The largest absolute Gasteiger partial charge is 0.465 e. The molecule has 0 bridgehead atoms. The number of ether oxygens (including phenoxy) is 1. The van der Waals surface area contributed by atoms with Crippen molar-refractivity contribution in [1.29, 1.82) is 0 Å². The number of carbonyl (C=O) groups excluding carboxylic acids is 1. The number of cyclic esters (lactones) is 1. The Kier molecular flexibility index (Phi) is 1.68. The Balaban J connectivity index is 2.42. The highest BCUT2D eigenvalue weighted by Gasteiger charge is 2.23. The minimum Gasteiger partial charge on any atom is -0.465 e. The first kappa shape index (κ1) is 5.82. The smallest absolute Gasteiger partial charge is 0.308 e. The Morgan fingerprint density at radius 3 is 2.88 bits per heavy atom. The van der Waals surface area contributed by atoms with Crippen molar-refractivity contribution in [3.05, 3.63) is 0 Å². The third-order valence-corrected chi connectivity index (χ3v) is 1.78. The Morgan fingerprint density at radius 2 is 2.62 bits per heavy atom. The number of rotatable bonds is 1. The molecule has 0 spiro atoms. The second kappa shape index (κ2) is 2.30. The quantitative estimate of drug-likeness (QED) is 0.370. The Hall–Kier alpha value is -0.313. The molecule has 0 aromatic rings. The molecule has 1 aliphatic rings. The zero-order valence-corrected chi connectivity index (χ0v) is 5.52. The van der Waals surface area contributed by atoms with Crippen LogP contribution in [0.15, 0.2) is 0 Å². The van der Waals surface area contributed by atoms with Crippen LogP contribution < -0.4 is 0 Å². The molecule has 1 saturated heterocycles. The van der Waals surface area contributed by atoms with Crippen molar-refractivity contribution < 1.29 is 9.53 Å². The van der Waals surface area contributed by atoms with Crippen molar-refractivity contribution in [2.45, 2.75) is 12.5 Å². The lowest BCUT2D eigenvalue weighted by Gasteiger charge is -1.95. The zero-order valence-electron chi connectivity index (χ0n) is 4.52. The molecule has 3 radical (unpaired) electrons. The van der Waals surface area contributed by atoms with Crippen molar-refractivity contribution in [3.8, 4) is 0 Å². The third-order valence-electron chi connectivity index (χ3n) is 1.29. The maximum Gasteiger partial charge on any atom is 0.308 e. The van der Waals surface area contributed by atoms with Crippen LogP contribution in [-0.2, 0) is 9.53 Å². The molecule has 43 valence electrons. The number of hydrogen-bond acceptors (Lipinski definition) is 2. The molecule has 0 amide bonds. The second-order valence-corrected chi connectivity index (χ2v) is 2.27. The molecule has 2 nitrogen and oxygen atoms in total. The van der Waals surface area contributed by atoms with E-state index in [1.165, 1.54) is 0 Å². The van der Waals surface area contributed by atoms with Gasteiger partial charge in [-0.25, -0.2) is 0 Å². The van der Waals surface area contributed by atoms with Crippen LogP contribution in [0.4, 0.5) is 0 Å². The molecule has 1 atom stereocenters. The van der Waals surface area contributed by atoms with Crippen molar-refractivity contribution in [2.24, 2.45) is 5.92 Å². The third kappa shape index (κ3) is 0.915. The van der Waals surface area contributed by atoms with E-state index < -0.39 is 0 Å². The lowest BCUT2D eigenvalue weighted by molar-refractivity contribution is -0.140. The van der Waals surface area contributed by atoms with Crippen molar-refractivity contribution in [3.63, 3.8) is 0 Å². The van der Waals surface area contributed by atoms with Crippen LogP contribution in [0.1, 0.15) is 6.42 Å². The highest BCUT2D eigenvalue weighted by atomic mass is 28.1. The van der Waals surface area contributed by atoms with Crippen LogP contribution in [0.5, 0.6) is 0 Å². The number of esters is 1. The maximum absolute atomic E-state index is 10.6. The van der Waals surface area contributed by atoms with E-state index in [4.69, 9.17) is 0 Å². The molecular weight excluding hydrogens is 120 g/mol. The van der Waals surface area contributed by atoms with Crippen LogP contribution in [0, 0.1) is 5.92 Å². The molecule has 1 heterocycles. The van der Waals surface area contributed by atoms with Crippen molar-refractivity contribution in [2.75, 3.05) is 6.61 Å². The summed E-state index contributed by atoms with van der Waals surface area (Å²) in [7, 11) is 3.26. The van der Waals surface area contributed by atoms with Gasteiger partial charge in [0.25, 0.3) is 0 Å². The molecule has 1 unspecified atom stereocenters. The van der Waals surface area contributed by atoms with Gasteiger partial charge in [0.15, 0.2) is 0 Å². The van der Waals surface area contributed by atoms with Crippen molar-refractivity contribution in [1.82, 2.24) is 0 Å². The molecular formula is C5H7O2Si. The van der Waals surface area contributed by atoms with Crippen LogP contribution in [0.25, 0.3) is 0 Å². The molecule has 1 rings (SSSR count). The average molecular weight is 127 g/mol. The van der Waals surface area contributed by atoms with E-state index >= 15 is 0 Å². The molecule has 0 saturated carbocycles. The van der Waals surface area contributed by atoms with Crippen LogP contribution >= 0.6 is 0 Å². The van der Waals surface area contributed by atoms with Crippen LogP contribution in [0.3, 0.4) is 0 Å². The van der Waals surface area contributed by atoms with Gasteiger partial charge in [-0.15, -0.1) is 0 Å². The lowest BCUT2D eigenvalue weighted by Crippen LogP contribution is -2.05. The van der Waals surface area contributed by atoms with E-state index in [9.17, 15) is 4.79 Å². The standard InChI is InChI=1S/C5H7O2Si/c6-5-4(3-8)1-2-7-5/h4H,1-3H2. The highest BCUT2D eigenvalue weighted by molar-refractivity contribution is 6.10. The molecule has 0 aromatic heterocycles.